The molecule has 2 aliphatic carbocycles. The van der Waals surface area contributed by atoms with Crippen molar-refractivity contribution in [3.05, 3.63) is 77.0 Å². The van der Waals surface area contributed by atoms with Crippen LogP contribution in [0.1, 0.15) is 99.5 Å². The van der Waals surface area contributed by atoms with Crippen molar-refractivity contribution in [2.45, 2.75) is 108 Å². The lowest BCUT2D eigenvalue weighted by Gasteiger charge is -2.57. The van der Waals surface area contributed by atoms with Gasteiger partial charge in [0.15, 0.2) is 5.82 Å². The van der Waals surface area contributed by atoms with Gasteiger partial charge in [0.2, 0.25) is 11.8 Å². The van der Waals surface area contributed by atoms with Gasteiger partial charge in [-0.1, -0.05) is 13.0 Å². The molecule has 3 amide bonds. The molecule has 74 heavy (non-hydrogen) atoms. The minimum atomic E-state index is -1.21. The quantitative estimate of drug-likeness (QED) is 0.109. The molecule has 2 atom stereocenters. The average Bonchev–Trinajstić information content (AvgIpc) is 4.06. The number of halogens is 3. The van der Waals surface area contributed by atoms with Crippen molar-refractivity contribution in [1.82, 2.24) is 35.0 Å². The minimum Gasteiger partial charge on any atom is -0.508 e. The van der Waals surface area contributed by atoms with Gasteiger partial charge in [-0.3, -0.25) is 29.6 Å². The van der Waals surface area contributed by atoms with Crippen LogP contribution in [-0.2, 0) is 22.6 Å². The van der Waals surface area contributed by atoms with Gasteiger partial charge < -0.3 is 34.5 Å². The lowest BCUT2D eigenvalue weighted by atomic mass is 9.55. The van der Waals surface area contributed by atoms with Crippen molar-refractivity contribution < 1.29 is 42.5 Å². The molecular weight excluding hydrogens is 952 g/mol. The van der Waals surface area contributed by atoms with E-state index in [9.17, 15) is 24.6 Å². The van der Waals surface area contributed by atoms with Crippen LogP contribution >= 0.6 is 0 Å². The summed E-state index contributed by atoms with van der Waals surface area (Å²) in [5.74, 6) is -1.76. The zero-order valence-electron chi connectivity index (χ0n) is 42.2. The van der Waals surface area contributed by atoms with Crippen molar-refractivity contribution in [2.75, 3.05) is 81.9 Å². The van der Waals surface area contributed by atoms with Crippen molar-refractivity contribution in [2.24, 2.45) is 10.8 Å². The van der Waals surface area contributed by atoms with E-state index in [0.29, 0.717) is 97.9 Å². The third kappa shape index (κ3) is 9.07. The van der Waals surface area contributed by atoms with Gasteiger partial charge in [0.1, 0.15) is 40.3 Å². The number of hydrogen-bond donors (Lipinski definition) is 3. The number of anilines is 2. The Balaban J connectivity index is 0.668. The summed E-state index contributed by atoms with van der Waals surface area (Å²) in [6.45, 7) is 11.1. The Morgan fingerprint density at radius 1 is 0.865 bits per heavy atom. The number of nitrogens with zero attached hydrogens (tertiary/aromatic N) is 8. The number of nitrogens with one attached hydrogen (secondary N) is 1. The van der Waals surface area contributed by atoms with Gasteiger partial charge in [0.25, 0.3) is 5.91 Å². The van der Waals surface area contributed by atoms with Gasteiger partial charge >= 0.3 is 6.01 Å². The zero-order valence-corrected chi connectivity index (χ0v) is 42.2. The summed E-state index contributed by atoms with van der Waals surface area (Å²) in [6, 6.07) is 11.1. The summed E-state index contributed by atoms with van der Waals surface area (Å²) in [5.41, 5.74) is 0.729. The molecule has 18 heteroatoms. The fraction of sp³-hybridized carbons (Fsp3) is 0.536. The third-order valence-electron chi connectivity index (χ3n) is 17.5. The van der Waals surface area contributed by atoms with E-state index in [2.05, 4.69) is 30.0 Å². The fourth-order valence-corrected chi connectivity index (χ4v) is 13.4. The molecule has 7 heterocycles. The second kappa shape index (κ2) is 18.3. The monoisotopic (exact) mass is 1020 g/mol. The maximum Gasteiger partial charge on any atom is 0.319 e. The van der Waals surface area contributed by atoms with Crippen LogP contribution in [0.5, 0.6) is 11.8 Å². The predicted octanol–water partition coefficient (Wildman–Crippen LogP) is 7.07. The molecule has 3 N–H and O–H groups in total. The molecule has 1 spiro atoms. The minimum absolute atomic E-state index is 0.00706. The van der Waals surface area contributed by atoms with E-state index >= 15 is 13.2 Å². The number of aromatic hydroxyl groups is 1. The molecule has 3 aromatic carbocycles. The Kier molecular flexibility index (Phi) is 12.1. The average molecular weight is 1020 g/mol. The highest BCUT2D eigenvalue weighted by Crippen LogP contribution is 2.58. The molecule has 2 saturated carbocycles. The molecule has 5 aromatic rings. The number of aliphatic hydroxyl groups is 1. The fourth-order valence-electron chi connectivity index (χ4n) is 13.4. The highest BCUT2D eigenvalue weighted by atomic mass is 19.1. The third-order valence-corrected chi connectivity index (χ3v) is 17.5. The van der Waals surface area contributed by atoms with E-state index in [1.54, 1.807) is 17.9 Å². The zero-order chi connectivity index (χ0) is 51.3. The SMILES string of the molecule is CCc1c(F)ccc2cc(O)cc(-c3ncc4c(N5CCC[C@@](C)(O)C5)nc(OCC5(CN6CCC7(CC6)CC(F)(CN6CCN(c8ccc9c(c8)CN([C@H]8CCC(=O)NC8=O)C9=O)CC6)C7)CC5)nc4c3F)c12. The summed E-state index contributed by atoms with van der Waals surface area (Å²) in [5, 5.41) is 25.6. The first-order valence-corrected chi connectivity index (χ1v) is 26.6. The number of imide groups is 1. The van der Waals surface area contributed by atoms with Crippen LogP contribution < -0.4 is 19.9 Å². The van der Waals surface area contributed by atoms with E-state index in [4.69, 9.17) is 9.72 Å². The number of ether oxygens (including phenoxy) is 1. The number of rotatable bonds is 12. The van der Waals surface area contributed by atoms with E-state index in [1.807, 2.05) is 30.0 Å². The number of piperidine rings is 3. The van der Waals surface area contributed by atoms with Crippen LogP contribution in [0.4, 0.5) is 24.7 Å². The number of carbonyl (C=O) groups is 3. The molecule has 5 aliphatic heterocycles. The number of carbonyl (C=O) groups excluding carboxylic acids is 3. The van der Waals surface area contributed by atoms with Gasteiger partial charge in [0.05, 0.1) is 17.6 Å². The Bertz CT molecular complexity index is 3090. The molecule has 390 valence electrons. The standard InChI is InChI=1S/C56H64F3N9O6/c1-3-38-42(57)8-5-34-24-37(69)25-40(45(34)38)47-46(58)48-41(26-60-47)49(67-16-4-11-53(2,73)30-67)63-52(62-48)74-33-55(12-13-55)31-64-17-14-54(15-18-64)28-56(59,29-54)32-65-19-21-66(22-20-65)36-6-7-39-35(23-36)27-68(51(39)72)43-9-10-44(70)61-50(43)71/h5-8,23-26,43,69,73H,3-4,9-22,27-33H2,1-2H3,(H,61,70,71)/t43-,53+/m0/s1. The molecule has 2 aromatic heterocycles. The number of benzene rings is 3. The number of phenols is 1. The van der Waals surface area contributed by atoms with E-state index in [1.165, 1.54) is 24.4 Å². The smallest absolute Gasteiger partial charge is 0.319 e. The van der Waals surface area contributed by atoms with Crippen molar-refractivity contribution >= 4 is 50.9 Å². The first-order valence-electron chi connectivity index (χ1n) is 26.6. The van der Waals surface area contributed by atoms with E-state index in [-0.39, 0.29) is 64.1 Å². The first kappa shape index (κ1) is 48.8. The second-order valence-corrected chi connectivity index (χ2v) is 23.1. The Hall–Kier alpha value is -6.11. The topological polar surface area (TPSA) is 168 Å². The van der Waals surface area contributed by atoms with E-state index < -0.39 is 34.9 Å². The molecule has 15 nitrogen and oxygen atoms in total. The number of amides is 3. The number of hydrogen-bond acceptors (Lipinski definition) is 13. The highest BCUT2D eigenvalue weighted by Gasteiger charge is 2.57. The van der Waals surface area contributed by atoms with Crippen molar-refractivity contribution in [3.8, 4) is 23.0 Å². The lowest BCUT2D eigenvalue weighted by molar-refractivity contribution is -0.136. The molecule has 0 unspecified atom stereocenters. The summed E-state index contributed by atoms with van der Waals surface area (Å²) in [7, 11) is 0. The van der Waals surface area contributed by atoms with Crippen LogP contribution in [0.2, 0.25) is 0 Å². The number of aromatic nitrogens is 3. The van der Waals surface area contributed by atoms with Crippen LogP contribution in [0, 0.1) is 22.5 Å². The number of aryl methyl sites for hydroxylation is 1. The van der Waals surface area contributed by atoms with Gasteiger partial charge in [-0.05, 0) is 148 Å². The number of likely N-dealkylation sites (tertiary alicyclic amines) is 1. The molecule has 0 radical (unpaired) electrons. The number of fused-ring (bicyclic) bond motifs is 3. The number of piperazine rings is 1. The first-order chi connectivity index (χ1) is 35.5. The Labute approximate surface area is 428 Å². The van der Waals surface area contributed by atoms with Crippen molar-refractivity contribution in [1.29, 1.82) is 0 Å². The molecule has 7 aliphatic rings. The van der Waals surface area contributed by atoms with Gasteiger partial charge in [-0.25, -0.2) is 13.2 Å². The number of pyridine rings is 1. The second-order valence-electron chi connectivity index (χ2n) is 23.1. The molecular formula is C56H64F3N9O6. The van der Waals surface area contributed by atoms with Crippen LogP contribution in [0.15, 0.2) is 48.7 Å². The summed E-state index contributed by atoms with van der Waals surface area (Å²) >= 11 is 0. The molecule has 0 bridgehead atoms. The molecule has 12 rings (SSSR count). The van der Waals surface area contributed by atoms with E-state index in [0.717, 1.165) is 82.7 Å². The Morgan fingerprint density at radius 3 is 2.36 bits per heavy atom. The summed E-state index contributed by atoms with van der Waals surface area (Å²) < 4.78 is 55.3. The van der Waals surface area contributed by atoms with Gasteiger partial charge in [0, 0.05) is 93.7 Å². The Morgan fingerprint density at radius 2 is 1.64 bits per heavy atom. The van der Waals surface area contributed by atoms with Gasteiger partial charge in [-0.15, -0.1) is 0 Å². The lowest BCUT2D eigenvalue weighted by Crippen LogP contribution is -2.60. The number of phenolic OH excluding ortho intramolecular Hbond substituents is 1. The highest BCUT2D eigenvalue weighted by molar-refractivity contribution is 6.06. The largest absolute Gasteiger partial charge is 0.508 e. The molecule has 4 saturated heterocycles. The predicted molar refractivity (Wildman–Crippen MR) is 273 cm³/mol. The van der Waals surface area contributed by atoms with Crippen molar-refractivity contribution in [3.63, 3.8) is 0 Å². The summed E-state index contributed by atoms with van der Waals surface area (Å²) in [4.78, 5) is 62.1. The maximum atomic E-state index is 17.2. The normalized spacial score (nSPS) is 24.6. The van der Waals surface area contributed by atoms with Crippen LogP contribution in [0.25, 0.3) is 32.9 Å². The number of β-amino-alcohol motifs (C(OH)–C–C–N with tert-alkyl or cyclic N) is 1. The van der Waals surface area contributed by atoms with Gasteiger partial charge in [-0.2, -0.15) is 9.97 Å². The van der Waals surface area contributed by atoms with Crippen LogP contribution in [-0.4, -0.2) is 147 Å². The summed E-state index contributed by atoms with van der Waals surface area (Å²) in [6.07, 6.45) is 8.68. The number of alkyl halides is 1. The molecule has 6 fully saturated rings. The maximum absolute atomic E-state index is 17.2. The van der Waals surface area contributed by atoms with Crippen LogP contribution in [0.3, 0.4) is 0 Å².